The van der Waals surface area contributed by atoms with E-state index in [4.69, 9.17) is 14.2 Å². The first-order valence-electron chi connectivity index (χ1n) is 11.5. The Kier molecular flexibility index (Phi) is 6.96. The molecule has 0 saturated carbocycles. The van der Waals surface area contributed by atoms with E-state index >= 15 is 0 Å². The summed E-state index contributed by atoms with van der Waals surface area (Å²) in [6, 6.07) is 14.7. The molecule has 0 heterocycles. The fourth-order valence-electron chi connectivity index (χ4n) is 4.60. The van der Waals surface area contributed by atoms with Crippen LogP contribution in [0.3, 0.4) is 0 Å². The summed E-state index contributed by atoms with van der Waals surface area (Å²) in [7, 11) is 4.73. The number of benzene rings is 2. The number of hydrogen-bond donors (Lipinski definition) is 2. The number of aryl methyl sites for hydroxylation is 2. The Balaban J connectivity index is 1.97. The zero-order valence-corrected chi connectivity index (χ0v) is 20.7. The number of carbonyl (C=O) groups excluding carboxylic acids is 1. The van der Waals surface area contributed by atoms with E-state index < -0.39 is 0 Å². The molecule has 1 amide bonds. The molecule has 0 spiro atoms. The van der Waals surface area contributed by atoms with Gasteiger partial charge in [0.1, 0.15) is 0 Å². The molecule has 1 aliphatic rings. The minimum atomic E-state index is -0.344. The molecule has 0 aliphatic heterocycles. The van der Waals surface area contributed by atoms with Crippen LogP contribution in [0.15, 0.2) is 53.3 Å². The number of carbonyl (C=O) groups is 1. The van der Waals surface area contributed by atoms with Crippen LogP contribution in [-0.4, -0.2) is 27.2 Å². The van der Waals surface area contributed by atoms with Crippen molar-refractivity contribution in [3.05, 3.63) is 75.4 Å². The van der Waals surface area contributed by atoms with Crippen molar-refractivity contribution < 1.29 is 19.0 Å². The van der Waals surface area contributed by atoms with E-state index in [0.29, 0.717) is 35.8 Å². The van der Waals surface area contributed by atoms with Gasteiger partial charge < -0.3 is 24.8 Å². The Hall–Kier alpha value is -4.00. The summed E-state index contributed by atoms with van der Waals surface area (Å²) in [5.41, 5.74) is 5.54. The first-order chi connectivity index (χ1) is 16.9. The number of amides is 1. The second-order valence-corrected chi connectivity index (χ2v) is 8.59. The van der Waals surface area contributed by atoms with Crippen molar-refractivity contribution in [1.82, 2.24) is 5.32 Å². The van der Waals surface area contributed by atoms with Gasteiger partial charge in [-0.15, -0.1) is 0 Å². The van der Waals surface area contributed by atoms with Crippen LogP contribution >= 0.6 is 0 Å². The monoisotopic (exact) mass is 474 g/mol. The predicted octanol–water partition coefficient (Wildman–Crippen LogP) is 4.92. The van der Waals surface area contributed by atoms with Gasteiger partial charge in [0, 0.05) is 18.2 Å². The minimum absolute atomic E-state index is 0.161. The van der Waals surface area contributed by atoms with Gasteiger partial charge in [-0.3, -0.25) is 9.59 Å². The maximum absolute atomic E-state index is 13.3. The lowest BCUT2D eigenvalue weighted by atomic mass is 9.95. The van der Waals surface area contributed by atoms with Crippen molar-refractivity contribution in [3.63, 3.8) is 0 Å². The molecule has 182 valence electrons. The molecule has 0 radical (unpaired) electrons. The summed E-state index contributed by atoms with van der Waals surface area (Å²) in [5, 5.41) is 6.25. The highest BCUT2D eigenvalue weighted by atomic mass is 16.5. The summed E-state index contributed by atoms with van der Waals surface area (Å²) in [5.74, 6) is 1.41. The van der Waals surface area contributed by atoms with Crippen LogP contribution in [0.25, 0.3) is 11.1 Å². The fraction of sp³-hybridized carbons (Fsp3) is 0.286. The van der Waals surface area contributed by atoms with E-state index in [2.05, 4.69) is 10.6 Å². The van der Waals surface area contributed by atoms with Gasteiger partial charge in [-0.2, -0.15) is 0 Å². The summed E-state index contributed by atoms with van der Waals surface area (Å²) < 4.78 is 17.0. The first-order valence-corrected chi connectivity index (χ1v) is 11.5. The number of anilines is 2. The van der Waals surface area contributed by atoms with E-state index in [9.17, 15) is 9.59 Å². The fourth-order valence-corrected chi connectivity index (χ4v) is 4.60. The number of fused-ring (bicyclic) bond motifs is 3. The minimum Gasteiger partial charge on any atom is -0.493 e. The molecule has 2 N–H and O–H groups in total. The molecule has 35 heavy (non-hydrogen) atoms. The number of rotatable bonds is 6. The highest BCUT2D eigenvalue weighted by Crippen LogP contribution is 2.50. The standard InChI is InChI=1S/C28H30N2O5/c1-16-6-9-19(10-7-16)30-23-13-11-20-21(15-24(23)32)22(29-17(2)31)12-8-18-14-25(33-3)27(34-4)28(35-5)26(18)20/h6-7,9-11,13-15,22H,8,12H2,1-5H3,(H,29,31)(H,30,32)/t22-/m0/s1. The number of nitrogens with one attached hydrogen (secondary N) is 2. The van der Waals surface area contributed by atoms with Gasteiger partial charge in [-0.05, 0) is 66.8 Å². The molecule has 3 aromatic carbocycles. The molecule has 4 rings (SSSR count). The second-order valence-electron chi connectivity index (χ2n) is 8.59. The molecule has 0 saturated heterocycles. The molecule has 3 aromatic rings. The van der Waals surface area contributed by atoms with E-state index in [1.54, 1.807) is 33.5 Å². The lowest BCUT2D eigenvalue weighted by molar-refractivity contribution is -0.119. The molecule has 1 aliphatic carbocycles. The Morgan fingerprint density at radius 3 is 2.29 bits per heavy atom. The topological polar surface area (TPSA) is 85.9 Å². The highest BCUT2D eigenvalue weighted by molar-refractivity contribution is 5.84. The molecule has 0 bridgehead atoms. The molecule has 0 unspecified atom stereocenters. The number of ether oxygens (including phenoxy) is 3. The third kappa shape index (κ3) is 4.80. The second kappa shape index (κ2) is 10.1. The average Bonchev–Trinajstić information content (AvgIpc) is 3.08. The average molecular weight is 475 g/mol. The molecular formula is C28H30N2O5. The molecular weight excluding hydrogens is 444 g/mol. The third-order valence-corrected chi connectivity index (χ3v) is 6.25. The van der Waals surface area contributed by atoms with Crippen molar-refractivity contribution in [2.75, 3.05) is 26.6 Å². The van der Waals surface area contributed by atoms with E-state index in [0.717, 1.165) is 33.5 Å². The summed E-state index contributed by atoms with van der Waals surface area (Å²) in [4.78, 5) is 25.4. The van der Waals surface area contributed by atoms with Crippen LogP contribution < -0.4 is 30.3 Å². The van der Waals surface area contributed by atoms with Crippen molar-refractivity contribution in [2.24, 2.45) is 0 Å². The third-order valence-electron chi connectivity index (χ3n) is 6.25. The maximum Gasteiger partial charge on any atom is 0.217 e. The lowest BCUT2D eigenvalue weighted by Gasteiger charge is -2.19. The van der Waals surface area contributed by atoms with Crippen LogP contribution in [0.4, 0.5) is 11.4 Å². The van der Waals surface area contributed by atoms with Crippen LogP contribution in [0.5, 0.6) is 17.2 Å². The van der Waals surface area contributed by atoms with Gasteiger partial charge in [0.05, 0.1) is 33.1 Å². The van der Waals surface area contributed by atoms with Gasteiger partial charge in [-0.1, -0.05) is 23.8 Å². The quantitative estimate of drug-likeness (QED) is 0.528. The predicted molar refractivity (Wildman–Crippen MR) is 137 cm³/mol. The Bertz CT molecular complexity index is 1320. The Morgan fingerprint density at radius 2 is 1.66 bits per heavy atom. The van der Waals surface area contributed by atoms with Gasteiger partial charge in [0.15, 0.2) is 11.5 Å². The van der Waals surface area contributed by atoms with Crippen molar-refractivity contribution >= 4 is 17.3 Å². The lowest BCUT2D eigenvalue weighted by Crippen LogP contribution is -2.26. The van der Waals surface area contributed by atoms with Gasteiger partial charge >= 0.3 is 0 Å². The zero-order chi connectivity index (χ0) is 25.1. The SMILES string of the molecule is COc1cc2c(c(OC)c1OC)-c1ccc(Nc3ccc(C)cc3)c(=O)cc1[C@@H](NC(C)=O)CC2. The van der Waals surface area contributed by atoms with Crippen LogP contribution in [0.2, 0.25) is 0 Å². The smallest absolute Gasteiger partial charge is 0.217 e. The van der Waals surface area contributed by atoms with Gasteiger partial charge in [0.2, 0.25) is 17.1 Å². The number of methoxy groups -OCH3 is 3. The maximum atomic E-state index is 13.3. The largest absolute Gasteiger partial charge is 0.493 e. The summed E-state index contributed by atoms with van der Waals surface area (Å²) >= 11 is 0. The Labute approximate surface area is 205 Å². The molecule has 0 aromatic heterocycles. The van der Waals surface area contributed by atoms with Crippen molar-refractivity contribution in [2.45, 2.75) is 32.7 Å². The van der Waals surface area contributed by atoms with Crippen LogP contribution in [-0.2, 0) is 11.2 Å². The van der Waals surface area contributed by atoms with Gasteiger partial charge in [0.25, 0.3) is 0 Å². The molecule has 1 atom stereocenters. The van der Waals surface area contributed by atoms with E-state index in [-0.39, 0.29) is 17.4 Å². The summed E-state index contributed by atoms with van der Waals surface area (Å²) in [6.45, 7) is 3.49. The molecule has 7 nitrogen and oxygen atoms in total. The Morgan fingerprint density at radius 1 is 0.943 bits per heavy atom. The summed E-state index contributed by atoms with van der Waals surface area (Å²) in [6.07, 6.45) is 1.26. The van der Waals surface area contributed by atoms with Crippen molar-refractivity contribution in [1.29, 1.82) is 0 Å². The number of hydrogen-bond acceptors (Lipinski definition) is 6. The highest BCUT2D eigenvalue weighted by Gasteiger charge is 2.29. The first kappa shape index (κ1) is 24.1. The van der Waals surface area contributed by atoms with Gasteiger partial charge in [-0.25, -0.2) is 0 Å². The molecule has 0 fully saturated rings. The van der Waals surface area contributed by atoms with Crippen LogP contribution in [0.1, 0.15) is 36.1 Å². The van der Waals surface area contributed by atoms with Crippen molar-refractivity contribution in [3.8, 4) is 28.4 Å². The van der Waals surface area contributed by atoms with Crippen LogP contribution in [0, 0.1) is 6.92 Å². The zero-order valence-electron chi connectivity index (χ0n) is 20.7. The van der Waals surface area contributed by atoms with E-state index in [1.807, 2.05) is 43.3 Å². The van der Waals surface area contributed by atoms with E-state index in [1.165, 1.54) is 6.92 Å². The molecule has 7 heteroatoms. The normalized spacial score (nSPS) is 14.1.